The standard InChI is InChI=1S/C20H26N2O6/c1-4-27-9-11-7-6-8-13-14(11)15-12(10-26-3)16(20(25)28-5-2)22-18(19(23)24)17(15)21-13/h6-8,12,16,18,21-22H,4-5,9-10H2,1-3H3,(H,23,24). The maximum absolute atomic E-state index is 12.6. The monoisotopic (exact) mass is 390 g/mol. The molecule has 8 heteroatoms. The van der Waals surface area contributed by atoms with Crippen molar-refractivity contribution in [3.05, 3.63) is 35.0 Å². The third-order valence-electron chi connectivity index (χ3n) is 4.98. The third kappa shape index (κ3) is 3.63. The Labute approximate surface area is 163 Å². The number of ether oxygens (including phenoxy) is 3. The lowest BCUT2D eigenvalue weighted by Gasteiger charge is -2.34. The van der Waals surface area contributed by atoms with Crippen LogP contribution in [0, 0.1) is 0 Å². The second kappa shape index (κ2) is 8.72. The number of esters is 1. The molecule has 0 spiro atoms. The van der Waals surface area contributed by atoms with Crippen molar-refractivity contribution < 1.29 is 28.9 Å². The van der Waals surface area contributed by atoms with Crippen LogP contribution in [-0.4, -0.2) is 55.0 Å². The fourth-order valence-corrected chi connectivity index (χ4v) is 3.88. The SMILES string of the molecule is CCOCc1cccc2[nH]c3c(c12)C(COC)C(C(=O)OCC)NC3C(=O)O. The van der Waals surface area contributed by atoms with E-state index in [2.05, 4.69) is 10.3 Å². The second-order valence-electron chi connectivity index (χ2n) is 6.66. The Morgan fingerprint density at radius 1 is 1.21 bits per heavy atom. The number of fused-ring (bicyclic) bond motifs is 3. The van der Waals surface area contributed by atoms with Gasteiger partial charge in [-0.05, 0) is 31.0 Å². The van der Waals surface area contributed by atoms with Gasteiger partial charge in [0.15, 0.2) is 0 Å². The van der Waals surface area contributed by atoms with Crippen molar-refractivity contribution in [2.75, 3.05) is 26.9 Å². The van der Waals surface area contributed by atoms with Crippen molar-refractivity contribution in [2.45, 2.75) is 38.5 Å². The molecule has 3 atom stereocenters. The Hall–Kier alpha value is -2.42. The average Bonchev–Trinajstić information content (AvgIpc) is 3.06. The number of carboxylic acids is 1. The van der Waals surface area contributed by atoms with Crippen molar-refractivity contribution in [1.29, 1.82) is 0 Å². The number of methoxy groups -OCH3 is 1. The number of nitrogens with one attached hydrogen (secondary N) is 2. The summed E-state index contributed by atoms with van der Waals surface area (Å²) in [6.45, 7) is 5.05. The quantitative estimate of drug-likeness (QED) is 0.592. The summed E-state index contributed by atoms with van der Waals surface area (Å²) in [5, 5.41) is 13.6. The van der Waals surface area contributed by atoms with Crippen molar-refractivity contribution in [3.63, 3.8) is 0 Å². The van der Waals surface area contributed by atoms with E-state index in [1.807, 2.05) is 25.1 Å². The number of hydrogen-bond donors (Lipinski definition) is 3. The number of benzene rings is 1. The van der Waals surface area contributed by atoms with Crippen LogP contribution in [-0.2, 0) is 30.4 Å². The first-order valence-corrected chi connectivity index (χ1v) is 9.38. The van der Waals surface area contributed by atoms with Crippen LogP contribution in [0.15, 0.2) is 18.2 Å². The maximum atomic E-state index is 12.6. The average molecular weight is 390 g/mol. The van der Waals surface area contributed by atoms with Gasteiger partial charge >= 0.3 is 11.9 Å². The fourth-order valence-electron chi connectivity index (χ4n) is 3.88. The van der Waals surface area contributed by atoms with E-state index in [1.54, 1.807) is 14.0 Å². The number of carbonyl (C=O) groups is 2. The Balaban J connectivity index is 2.22. The number of H-pyrrole nitrogens is 1. The van der Waals surface area contributed by atoms with Crippen molar-refractivity contribution >= 4 is 22.8 Å². The summed E-state index contributed by atoms with van der Waals surface area (Å²) in [4.78, 5) is 27.8. The smallest absolute Gasteiger partial charge is 0.326 e. The fraction of sp³-hybridized carbons (Fsp3) is 0.500. The van der Waals surface area contributed by atoms with Gasteiger partial charge < -0.3 is 24.3 Å². The molecule has 0 amide bonds. The number of hydrogen-bond acceptors (Lipinski definition) is 6. The van der Waals surface area contributed by atoms with E-state index in [4.69, 9.17) is 14.2 Å². The molecule has 1 aliphatic rings. The van der Waals surface area contributed by atoms with Crippen LogP contribution >= 0.6 is 0 Å². The van der Waals surface area contributed by atoms with Gasteiger partial charge in [-0.25, -0.2) is 0 Å². The lowest BCUT2D eigenvalue weighted by Crippen LogP contribution is -2.51. The molecule has 3 rings (SSSR count). The molecule has 1 aromatic heterocycles. The molecule has 3 N–H and O–H groups in total. The molecular weight excluding hydrogens is 364 g/mol. The molecule has 2 aromatic rings. The van der Waals surface area contributed by atoms with E-state index in [0.717, 1.165) is 22.0 Å². The largest absolute Gasteiger partial charge is 0.480 e. The molecule has 0 radical (unpaired) electrons. The third-order valence-corrected chi connectivity index (χ3v) is 4.98. The maximum Gasteiger partial charge on any atom is 0.326 e. The first-order valence-electron chi connectivity index (χ1n) is 9.38. The van der Waals surface area contributed by atoms with Crippen molar-refractivity contribution in [3.8, 4) is 0 Å². The predicted octanol–water partition coefficient (Wildman–Crippen LogP) is 2.09. The zero-order chi connectivity index (χ0) is 20.3. The molecule has 28 heavy (non-hydrogen) atoms. The number of aromatic amines is 1. The van der Waals surface area contributed by atoms with Gasteiger partial charge in [0.05, 0.1) is 19.8 Å². The van der Waals surface area contributed by atoms with Crippen LogP contribution < -0.4 is 5.32 Å². The van der Waals surface area contributed by atoms with Crippen molar-refractivity contribution in [1.82, 2.24) is 10.3 Å². The van der Waals surface area contributed by atoms with Gasteiger partial charge in [0.25, 0.3) is 0 Å². The molecule has 0 fully saturated rings. The van der Waals surface area contributed by atoms with E-state index in [9.17, 15) is 14.7 Å². The first-order chi connectivity index (χ1) is 13.5. The summed E-state index contributed by atoms with van der Waals surface area (Å²) in [6.07, 6.45) is 0. The van der Waals surface area contributed by atoms with Gasteiger partial charge in [-0.3, -0.25) is 14.9 Å². The van der Waals surface area contributed by atoms with Crippen LogP contribution in [0.2, 0.25) is 0 Å². The molecule has 3 unspecified atom stereocenters. The van der Waals surface area contributed by atoms with Crippen LogP contribution in [0.1, 0.15) is 42.6 Å². The summed E-state index contributed by atoms with van der Waals surface area (Å²) < 4.78 is 16.2. The molecular formula is C20H26N2O6. The predicted molar refractivity (Wildman–Crippen MR) is 102 cm³/mol. The summed E-state index contributed by atoms with van der Waals surface area (Å²) in [7, 11) is 1.56. The molecule has 0 bridgehead atoms. The normalized spacial score (nSPS) is 21.5. The molecule has 0 aliphatic carbocycles. The van der Waals surface area contributed by atoms with Crippen LogP contribution in [0.3, 0.4) is 0 Å². The first kappa shape index (κ1) is 20.3. The van der Waals surface area contributed by atoms with E-state index in [-0.39, 0.29) is 13.2 Å². The minimum atomic E-state index is -1.07. The summed E-state index contributed by atoms with van der Waals surface area (Å²) in [6, 6.07) is 3.87. The zero-order valence-corrected chi connectivity index (χ0v) is 16.3. The number of rotatable bonds is 8. The van der Waals surface area contributed by atoms with Gasteiger partial charge in [-0.2, -0.15) is 0 Å². The van der Waals surface area contributed by atoms with E-state index >= 15 is 0 Å². The van der Waals surface area contributed by atoms with Gasteiger partial charge in [-0.15, -0.1) is 0 Å². The molecule has 0 saturated heterocycles. The van der Waals surface area contributed by atoms with Crippen LogP contribution in [0.25, 0.3) is 10.9 Å². The minimum absolute atomic E-state index is 0.213. The Morgan fingerprint density at radius 3 is 2.64 bits per heavy atom. The lowest BCUT2D eigenvalue weighted by molar-refractivity contribution is -0.148. The number of aromatic nitrogens is 1. The zero-order valence-electron chi connectivity index (χ0n) is 16.3. The van der Waals surface area contributed by atoms with Crippen molar-refractivity contribution in [2.24, 2.45) is 0 Å². The van der Waals surface area contributed by atoms with E-state index < -0.39 is 29.9 Å². The molecule has 2 heterocycles. The molecule has 152 valence electrons. The van der Waals surface area contributed by atoms with E-state index in [1.165, 1.54) is 0 Å². The van der Waals surface area contributed by atoms with Crippen LogP contribution in [0.4, 0.5) is 0 Å². The lowest BCUT2D eigenvalue weighted by atomic mass is 9.83. The molecule has 0 saturated carbocycles. The van der Waals surface area contributed by atoms with Gasteiger partial charge in [0, 0.05) is 36.2 Å². The summed E-state index contributed by atoms with van der Waals surface area (Å²) in [5.74, 6) is -1.95. The number of carbonyl (C=O) groups excluding carboxylic acids is 1. The van der Waals surface area contributed by atoms with Gasteiger partial charge in [0.2, 0.25) is 0 Å². The Bertz CT molecular complexity index is 862. The minimum Gasteiger partial charge on any atom is -0.480 e. The second-order valence-corrected chi connectivity index (χ2v) is 6.66. The summed E-state index contributed by atoms with van der Waals surface area (Å²) >= 11 is 0. The Morgan fingerprint density at radius 2 is 2.00 bits per heavy atom. The summed E-state index contributed by atoms with van der Waals surface area (Å²) in [5.41, 5.74) is 3.05. The molecule has 1 aliphatic heterocycles. The highest BCUT2D eigenvalue weighted by atomic mass is 16.5. The molecule has 8 nitrogen and oxygen atoms in total. The Kier molecular flexibility index (Phi) is 6.33. The topological polar surface area (TPSA) is 110 Å². The highest BCUT2D eigenvalue weighted by Gasteiger charge is 2.44. The van der Waals surface area contributed by atoms with Gasteiger partial charge in [-0.1, -0.05) is 12.1 Å². The van der Waals surface area contributed by atoms with E-state index in [0.29, 0.717) is 18.9 Å². The highest BCUT2D eigenvalue weighted by Crippen LogP contribution is 2.41. The number of carboxylic acid groups (broad SMARTS) is 1. The number of aliphatic carboxylic acids is 1. The van der Waals surface area contributed by atoms with Gasteiger partial charge in [0.1, 0.15) is 12.1 Å². The highest BCUT2D eigenvalue weighted by molar-refractivity contribution is 5.93. The molecule has 1 aromatic carbocycles. The van der Waals surface area contributed by atoms with Crippen LogP contribution in [0.5, 0.6) is 0 Å².